The first-order chi connectivity index (χ1) is 9.52. The van der Waals surface area contributed by atoms with Gasteiger partial charge in [-0.1, -0.05) is 25.1 Å². The molecule has 118 valence electrons. The third-order valence-corrected chi connectivity index (χ3v) is 3.96. The number of ether oxygens (including phenoxy) is 2. The highest BCUT2D eigenvalue weighted by atomic mass is 35.5. The van der Waals surface area contributed by atoms with E-state index >= 15 is 0 Å². The van der Waals surface area contributed by atoms with Gasteiger partial charge in [0, 0.05) is 24.1 Å². The molecule has 1 aromatic rings. The summed E-state index contributed by atoms with van der Waals surface area (Å²) in [6.07, 6.45) is 0.888. The number of hydrogen-bond donors (Lipinski definition) is 2. The van der Waals surface area contributed by atoms with E-state index in [1.807, 2.05) is 24.3 Å². The SMILES string of the molecule is COCC(N)C(=O)NC1CC1(C)c1ccccc1OC.Cl. The average molecular weight is 315 g/mol. The molecule has 5 nitrogen and oxygen atoms in total. The predicted molar refractivity (Wildman–Crippen MR) is 84.0 cm³/mol. The van der Waals surface area contributed by atoms with E-state index in [0.29, 0.717) is 0 Å². The molecule has 0 radical (unpaired) electrons. The normalized spacial score (nSPS) is 24.7. The fraction of sp³-hybridized carbons (Fsp3) is 0.533. The molecule has 1 aromatic carbocycles. The van der Waals surface area contributed by atoms with E-state index in [0.717, 1.165) is 17.7 Å². The molecule has 0 spiro atoms. The maximum absolute atomic E-state index is 11.9. The van der Waals surface area contributed by atoms with E-state index in [4.69, 9.17) is 15.2 Å². The number of nitrogens with two attached hydrogens (primary N) is 1. The van der Waals surface area contributed by atoms with Crippen molar-refractivity contribution in [2.45, 2.75) is 30.8 Å². The summed E-state index contributed by atoms with van der Waals surface area (Å²) in [6.45, 7) is 2.35. The number of methoxy groups -OCH3 is 2. The summed E-state index contributed by atoms with van der Waals surface area (Å²) in [7, 11) is 3.19. The Labute approximate surface area is 131 Å². The van der Waals surface area contributed by atoms with Crippen molar-refractivity contribution in [1.29, 1.82) is 0 Å². The van der Waals surface area contributed by atoms with Crippen molar-refractivity contribution in [2.75, 3.05) is 20.8 Å². The Hall–Kier alpha value is -1.30. The van der Waals surface area contributed by atoms with Gasteiger partial charge in [0.1, 0.15) is 11.8 Å². The molecule has 1 saturated carbocycles. The lowest BCUT2D eigenvalue weighted by Crippen LogP contribution is -2.45. The van der Waals surface area contributed by atoms with Crippen LogP contribution in [-0.2, 0) is 14.9 Å². The molecule has 0 aliphatic heterocycles. The Bertz CT molecular complexity index is 498. The summed E-state index contributed by atoms with van der Waals surface area (Å²) in [5.41, 5.74) is 6.76. The first-order valence-corrected chi connectivity index (χ1v) is 6.71. The Balaban J connectivity index is 0.00000220. The average Bonchev–Trinajstić information content (AvgIpc) is 3.10. The highest BCUT2D eigenvalue weighted by molar-refractivity contribution is 5.85. The zero-order valence-electron chi connectivity index (χ0n) is 12.6. The van der Waals surface area contributed by atoms with Gasteiger partial charge in [0.2, 0.25) is 5.91 Å². The lowest BCUT2D eigenvalue weighted by molar-refractivity contribution is -0.123. The number of halogens is 1. The van der Waals surface area contributed by atoms with Crippen LogP contribution in [-0.4, -0.2) is 38.8 Å². The van der Waals surface area contributed by atoms with Gasteiger partial charge in [-0.2, -0.15) is 0 Å². The third-order valence-electron chi connectivity index (χ3n) is 3.96. The molecule has 1 aliphatic rings. The number of carbonyl (C=O) groups excluding carboxylic acids is 1. The number of rotatable bonds is 6. The van der Waals surface area contributed by atoms with Crippen LogP contribution in [0.2, 0.25) is 0 Å². The van der Waals surface area contributed by atoms with Crippen LogP contribution in [0.25, 0.3) is 0 Å². The lowest BCUT2D eigenvalue weighted by atomic mass is 9.96. The van der Waals surface area contributed by atoms with Gasteiger partial charge in [-0.3, -0.25) is 4.79 Å². The third kappa shape index (κ3) is 3.67. The lowest BCUT2D eigenvalue weighted by Gasteiger charge is -2.17. The quantitative estimate of drug-likeness (QED) is 0.828. The Morgan fingerprint density at radius 2 is 2.14 bits per heavy atom. The van der Waals surface area contributed by atoms with E-state index < -0.39 is 6.04 Å². The number of carbonyl (C=O) groups is 1. The van der Waals surface area contributed by atoms with Gasteiger partial charge in [-0.15, -0.1) is 12.4 Å². The van der Waals surface area contributed by atoms with E-state index in [1.54, 1.807) is 7.11 Å². The monoisotopic (exact) mass is 314 g/mol. The van der Waals surface area contributed by atoms with E-state index in [9.17, 15) is 4.79 Å². The molecule has 3 atom stereocenters. The van der Waals surface area contributed by atoms with Crippen molar-refractivity contribution >= 4 is 18.3 Å². The summed E-state index contributed by atoms with van der Waals surface area (Å²) >= 11 is 0. The minimum atomic E-state index is -0.623. The Morgan fingerprint density at radius 3 is 2.76 bits per heavy atom. The van der Waals surface area contributed by atoms with E-state index in [1.165, 1.54) is 7.11 Å². The van der Waals surface area contributed by atoms with Crippen molar-refractivity contribution in [3.05, 3.63) is 29.8 Å². The van der Waals surface area contributed by atoms with E-state index in [2.05, 4.69) is 12.2 Å². The Kier molecular flexibility index (Phi) is 6.01. The van der Waals surface area contributed by atoms with Crippen LogP contribution in [0.1, 0.15) is 18.9 Å². The van der Waals surface area contributed by atoms with Gasteiger partial charge in [-0.05, 0) is 12.5 Å². The van der Waals surface area contributed by atoms with Crippen molar-refractivity contribution in [2.24, 2.45) is 5.73 Å². The van der Waals surface area contributed by atoms with E-state index in [-0.39, 0.29) is 36.4 Å². The highest BCUT2D eigenvalue weighted by Gasteiger charge is 2.53. The minimum Gasteiger partial charge on any atom is -0.496 e. The number of nitrogens with one attached hydrogen (secondary N) is 1. The number of benzene rings is 1. The van der Waals surface area contributed by atoms with Gasteiger partial charge in [0.05, 0.1) is 13.7 Å². The van der Waals surface area contributed by atoms with Gasteiger partial charge < -0.3 is 20.5 Å². The second-order valence-corrected chi connectivity index (χ2v) is 5.44. The van der Waals surface area contributed by atoms with Crippen LogP contribution in [0.15, 0.2) is 24.3 Å². The van der Waals surface area contributed by atoms with Crippen molar-refractivity contribution < 1.29 is 14.3 Å². The minimum absolute atomic E-state index is 0. The summed E-state index contributed by atoms with van der Waals surface area (Å²) in [6, 6.07) is 7.37. The van der Waals surface area contributed by atoms with Crippen LogP contribution in [0, 0.1) is 0 Å². The molecule has 1 aliphatic carbocycles. The molecule has 0 saturated heterocycles. The molecular formula is C15H23ClN2O3. The molecule has 21 heavy (non-hydrogen) atoms. The zero-order chi connectivity index (χ0) is 14.8. The van der Waals surface area contributed by atoms with Crippen LogP contribution >= 0.6 is 12.4 Å². The molecule has 0 heterocycles. The second kappa shape index (κ2) is 7.11. The molecule has 0 bridgehead atoms. The first-order valence-electron chi connectivity index (χ1n) is 6.71. The molecule has 1 amide bonds. The second-order valence-electron chi connectivity index (χ2n) is 5.44. The van der Waals surface area contributed by atoms with Gasteiger partial charge in [-0.25, -0.2) is 0 Å². The topological polar surface area (TPSA) is 73.6 Å². The van der Waals surface area contributed by atoms with Gasteiger partial charge in [0.25, 0.3) is 0 Å². The fourth-order valence-electron chi connectivity index (χ4n) is 2.52. The number of para-hydroxylation sites is 1. The molecule has 3 unspecified atom stereocenters. The largest absolute Gasteiger partial charge is 0.496 e. The molecular weight excluding hydrogens is 292 g/mol. The van der Waals surface area contributed by atoms with Crippen molar-refractivity contribution in [1.82, 2.24) is 5.32 Å². The van der Waals surface area contributed by atoms with Crippen LogP contribution in [0.5, 0.6) is 5.75 Å². The van der Waals surface area contributed by atoms with Crippen LogP contribution in [0.3, 0.4) is 0 Å². The summed E-state index contributed by atoms with van der Waals surface area (Å²) < 4.78 is 10.3. The fourth-order valence-corrected chi connectivity index (χ4v) is 2.52. The maximum Gasteiger partial charge on any atom is 0.239 e. The smallest absolute Gasteiger partial charge is 0.239 e. The molecule has 6 heteroatoms. The van der Waals surface area contributed by atoms with Gasteiger partial charge in [0.15, 0.2) is 0 Å². The Morgan fingerprint density at radius 1 is 1.48 bits per heavy atom. The molecule has 1 fully saturated rings. The van der Waals surface area contributed by atoms with Gasteiger partial charge >= 0.3 is 0 Å². The van der Waals surface area contributed by atoms with Crippen molar-refractivity contribution in [3.63, 3.8) is 0 Å². The summed E-state index contributed by atoms with van der Waals surface area (Å²) in [5.74, 6) is 0.684. The summed E-state index contributed by atoms with van der Waals surface area (Å²) in [4.78, 5) is 11.9. The molecule has 2 rings (SSSR count). The zero-order valence-corrected chi connectivity index (χ0v) is 13.4. The molecule has 0 aromatic heterocycles. The van der Waals surface area contributed by atoms with Crippen LogP contribution in [0.4, 0.5) is 0 Å². The molecule has 3 N–H and O–H groups in total. The number of hydrogen-bond acceptors (Lipinski definition) is 4. The number of amides is 1. The summed E-state index contributed by atoms with van der Waals surface area (Å²) in [5, 5.41) is 2.98. The maximum atomic E-state index is 11.9. The highest BCUT2D eigenvalue weighted by Crippen LogP contribution is 2.50. The standard InChI is InChI=1S/C15H22N2O3.ClH/c1-15(10-6-4-5-7-12(10)20-3)8-13(15)17-14(18)11(16)9-19-2;/h4-7,11,13H,8-9,16H2,1-3H3,(H,17,18);1H. The van der Waals surface area contributed by atoms with Crippen molar-refractivity contribution in [3.8, 4) is 5.75 Å². The van der Waals surface area contributed by atoms with Crippen LogP contribution < -0.4 is 15.8 Å². The first kappa shape index (κ1) is 17.8. The predicted octanol–water partition coefficient (Wildman–Crippen LogP) is 1.24.